The van der Waals surface area contributed by atoms with E-state index in [1.54, 1.807) is 4.68 Å². The Bertz CT molecular complexity index is 1010. The Balaban J connectivity index is 1.61. The first-order chi connectivity index (χ1) is 14.5. The molecule has 1 fully saturated rings. The molecule has 0 amide bonds. The van der Waals surface area contributed by atoms with E-state index < -0.39 is 0 Å². The lowest BCUT2D eigenvalue weighted by Crippen LogP contribution is -2.38. The average Bonchev–Trinajstić information content (AvgIpc) is 3.06. The molecule has 0 aliphatic carbocycles. The highest BCUT2D eigenvalue weighted by Crippen LogP contribution is 2.30. The Hall–Kier alpha value is -2.84. The summed E-state index contributed by atoms with van der Waals surface area (Å²) >= 11 is 0. The number of hydrogen-bond donors (Lipinski definition) is 1. The Labute approximate surface area is 176 Å². The van der Waals surface area contributed by atoms with E-state index in [4.69, 9.17) is 24.9 Å². The maximum Gasteiger partial charge on any atom is 0.223 e. The van der Waals surface area contributed by atoms with Crippen molar-refractivity contribution in [1.29, 1.82) is 0 Å². The summed E-state index contributed by atoms with van der Waals surface area (Å²) in [5, 5.41) is 6.28. The van der Waals surface area contributed by atoms with Gasteiger partial charge in [0.25, 0.3) is 0 Å². The molecule has 1 aromatic carbocycles. The molecule has 3 aromatic rings. The van der Waals surface area contributed by atoms with Gasteiger partial charge in [0, 0.05) is 36.8 Å². The zero-order valence-corrected chi connectivity index (χ0v) is 17.8. The zero-order valence-electron chi connectivity index (χ0n) is 17.8. The second kappa shape index (κ2) is 8.89. The molecule has 0 bridgehead atoms. The van der Waals surface area contributed by atoms with E-state index in [9.17, 15) is 0 Å². The van der Waals surface area contributed by atoms with Gasteiger partial charge in [-0.15, -0.1) is 5.10 Å². The van der Waals surface area contributed by atoms with Crippen LogP contribution in [-0.2, 0) is 4.74 Å². The number of benzene rings is 1. The molecular formula is C22H29N5O3. The predicted molar refractivity (Wildman–Crippen MR) is 117 cm³/mol. The number of morpholine rings is 1. The molecule has 3 heterocycles. The smallest absolute Gasteiger partial charge is 0.223 e. The van der Waals surface area contributed by atoms with Gasteiger partial charge in [0.15, 0.2) is 5.82 Å². The minimum Gasteiger partial charge on any atom is -0.492 e. The number of nitrogens with two attached hydrogens (primary N) is 1. The number of aryl methyl sites for hydroxylation is 1. The summed E-state index contributed by atoms with van der Waals surface area (Å²) in [5.41, 5.74) is 6.78. The third-order valence-corrected chi connectivity index (χ3v) is 5.00. The van der Waals surface area contributed by atoms with E-state index in [-0.39, 0.29) is 6.10 Å². The summed E-state index contributed by atoms with van der Waals surface area (Å²) in [6.07, 6.45) is 0.00388. The van der Waals surface area contributed by atoms with E-state index >= 15 is 0 Å². The molecule has 1 aliphatic rings. The fraction of sp³-hybridized carbons (Fsp3) is 0.455. The van der Waals surface area contributed by atoms with E-state index in [0.29, 0.717) is 24.1 Å². The topological polar surface area (TPSA) is 87.7 Å². The molecule has 4 rings (SSSR count). The summed E-state index contributed by atoms with van der Waals surface area (Å²) in [6, 6.07) is 9.79. The van der Waals surface area contributed by atoms with Crippen molar-refractivity contribution in [3.05, 3.63) is 36.0 Å². The number of hydrogen-bond acceptors (Lipinski definition) is 7. The summed E-state index contributed by atoms with van der Waals surface area (Å²) in [7, 11) is 0. The largest absolute Gasteiger partial charge is 0.492 e. The lowest BCUT2D eigenvalue weighted by molar-refractivity contribution is 0.0322. The van der Waals surface area contributed by atoms with E-state index in [1.807, 2.05) is 51.1 Å². The lowest BCUT2D eigenvalue weighted by atomic mass is 10.1. The highest BCUT2D eigenvalue weighted by Gasteiger charge is 2.14. The van der Waals surface area contributed by atoms with Crippen LogP contribution in [0.4, 0.5) is 5.82 Å². The summed E-state index contributed by atoms with van der Waals surface area (Å²) in [5.74, 6) is 2.52. The molecule has 0 radical (unpaired) electrons. The van der Waals surface area contributed by atoms with Crippen LogP contribution in [0.2, 0.25) is 0 Å². The number of rotatable bonds is 7. The van der Waals surface area contributed by atoms with Crippen LogP contribution in [0.25, 0.3) is 16.6 Å². The minimum atomic E-state index is 0.00388. The Morgan fingerprint density at radius 2 is 1.97 bits per heavy atom. The molecule has 0 atom stereocenters. The van der Waals surface area contributed by atoms with Crippen LogP contribution in [0, 0.1) is 6.92 Å². The fourth-order valence-corrected chi connectivity index (χ4v) is 3.55. The molecule has 8 heteroatoms. The van der Waals surface area contributed by atoms with Gasteiger partial charge < -0.3 is 19.9 Å². The predicted octanol–water partition coefficient (Wildman–Crippen LogP) is 2.81. The zero-order chi connectivity index (χ0) is 21.1. The summed E-state index contributed by atoms with van der Waals surface area (Å²) in [4.78, 5) is 7.06. The molecule has 0 unspecified atom stereocenters. The van der Waals surface area contributed by atoms with Crippen molar-refractivity contribution in [3.63, 3.8) is 0 Å². The van der Waals surface area contributed by atoms with Gasteiger partial charge in [-0.25, -0.2) is 4.68 Å². The van der Waals surface area contributed by atoms with Crippen molar-refractivity contribution in [2.24, 2.45) is 0 Å². The number of nitrogen functional groups attached to an aromatic ring is 1. The molecular weight excluding hydrogens is 382 g/mol. The van der Waals surface area contributed by atoms with Crippen LogP contribution in [0.15, 0.2) is 30.3 Å². The monoisotopic (exact) mass is 411 g/mol. The molecule has 160 valence electrons. The van der Waals surface area contributed by atoms with E-state index in [2.05, 4.69) is 10.00 Å². The van der Waals surface area contributed by atoms with E-state index in [0.717, 1.165) is 55.1 Å². The molecule has 2 N–H and O–H groups in total. The first-order valence-corrected chi connectivity index (χ1v) is 10.4. The van der Waals surface area contributed by atoms with Crippen LogP contribution in [0.5, 0.6) is 11.6 Å². The molecule has 1 saturated heterocycles. The van der Waals surface area contributed by atoms with Gasteiger partial charge in [-0.05, 0) is 50.4 Å². The molecule has 0 saturated carbocycles. The fourth-order valence-electron chi connectivity index (χ4n) is 3.55. The second-order valence-electron chi connectivity index (χ2n) is 7.76. The molecule has 2 aromatic heterocycles. The number of fused-ring (bicyclic) bond motifs is 1. The first kappa shape index (κ1) is 20.4. The Morgan fingerprint density at radius 3 is 2.67 bits per heavy atom. The Morgan fingerprint density at radius 1 is 1.17 bits per heavy atom. The SMILES string of the molecule is Cc1cc(N)nn1-c1cc2cc(OCCN3CCOCC3)ccc2c(OC(C)C)n1. The van der Waals surface area contributed by atoms with Crippen LogP contribution < -0.4 is 15.2 Å². The third kappa shape index (κ3) is 4.66. The molecule has 0 spiro atoms. The number of nitrogens with zero attached hydrogens (tertiary/aromatic N) is 4. The normalized spacial score (nSPS) is 15.1. The van der Waals surface area contributed by atoms with Gasteiger partial charge in [0.05, 0.1) is 19.3 Å². The van der Waals surface area contributed by atoms with Crippen LogP contribution in [0.3, 0.4) is 0 Å². The first-order valence-electron chi connectivity index (χ1n) is 10.4. The highest BCUT2D eigenvalue weighted by atomic mass is 16.5. The number of aromatic nitrogens is 3. The standard InChI is InChI=1S/C22H29N5O3/c1-15(2)30-22-19-5-4-18(29-11-8-26-6-9-28-10-7-26)13-17(19)14-21(24-22)27-16(3)12-20(23)25-27/h4-5,12-15H,6-11H2,1-3H3,(H2,23,25). The lowest BCUT2D eigenvalue weighted by Gasteiger charge is -2.26. The van der Waals surface area contributed by atoms with Crippen LogP contribution in [-0.4, -0.2) is 65.2 Å². The van der Waals surface area contributed by atoms with Crippen LogP contribution >= 0.6 is 0 Å². The van der Waals surface area contributed by atoms with Crippen molar-refractivity contribution >= 4 is 16.6 Å². The quantitative estimate of drug-likeness (QED) is 0.640. The molecule has 1 aliphatic heterocycles. The third-order valence-electron chi connectivity index (χ3n) is 5.00. The number of pyridine rings is 1. The highest BCUT2D eigenvalue weighted by molar-refractivity contribution is 5.89. The van der Waals surface area contributed by atoms with Crippen molar-refractivity contribution in [1.82, 2.24) is 19.7 Å². The average molecular weight is 412 g/mol. The summed E-state index contributed by atoms with van der Waals surface area (Å²) in [6.45, 7) is 10.9. The van der Waals surface area contributed by atoms with Crippen molar-refractivity contribution in [2.45, 2.75) is 26.9 Å². The summed E-state index contributed by atoms with van der Waals surface area (Å²) < 4.78 is 19.1. The molecule has 30 heavy (non-hydrogen) atoms. The second-order valence-corrected chi connectivity index (χ2v) is 7.76. The van der Waals surface area contributed by atoms with E-state index in [1.165, 1.54) is 0 Å². The maximum atomic E-state index is 6.03. The van der Waals surface area contributed by atoms with Gasteiger partial charge in [0.2, 0.25) is 5.88 Å². The van der Waals surface area contributed by atoms with Crippen LogP contribution in [0.1, 0.15) is 19.5 Å². The number of ether oxygens (including phenoxy) is 3. The van der Waals surface area contributed by atoms with Gasteiger partial charge in [0.1, 0.15) is 18.2 Å². The number of anilines is 1. The maximum absolute atomic E-state index is 6.03. The van der Waals surface area contributed by atoms with Crippen molar-refractivity contribution in [3.8, 4) is 17.4 Å². The van der Waals surface area contributed by atoms with Crippen molar-refractivity contribution in [2.75, 3.05) is 45.2 Å². The van der Waals surface area contributed by atoms with Gasteiger partial charge in [-0.1, -0.05) is 0 Å². The van der Waals surface area contributed by atoms with Gasteiger partial charge in [-0.3, -0.25) is 4.90 Å². The Kier molecular flexibility index (Phi) is 6.06. The van der Waals surface area contributed by atoms with Gasteiger partial charge >= 0.3 is 0 Å². The van der Waals surface area contributed by atoms with Crippen molar-refractivity contribution < 1.29 is 14.2 Å². The molecule has 8 nitrogen and oxygen atoms in total. The minimum absolute atomic E-state index is 0.00388. The van der Waals surface area contributed by atoms with Gasteiger partial charge in [-0.2, -0.15) is 4.98 Å².